The molecular formula is C19H30O4Si. The predicted molar refractivity (Wildman–Crippen MR) is 98.2 cm³/mol. The van der Waals surface area contributed by atoms with E-state index in [0.29, 0.717) is 13.2 Å². The van der Waals surface area contributed by atoms with E-state index in [0.717, 1.165) is 5.56 Å². The molecule has 4 nitrogen and oxygen atoms in total. The molecule has 134 valence electrons. The Morgan fingerprint density at radius 1 is 1.17 bits per heavy atom. The lowest BCUT2D eigenvalue weighted by atomic mass is 10.1. The number of aliphatic hydroxyl groups excluding tert-OH is 1. The van der Waals surface area contributed by atoms with Crippen molar-refractivity contribution in [2.75, 3.05) is 6.61 Å². The summed E-state index contributed by atoms with van der Waals surface area (Å²) in [5, 5.41) is 10.4. The van der Waals surface area contributed by atoms with Crippen LogP contribution in [0, 0.1) is 0 Å². The largest absolute Gasteiger partial charge is 0.493 e. The van der Waals surface area contributed by atoms with Gasteiger partial charge < -0.3 is 19.0 Å². The van der Waals surface area contributed by atoms with Crippen LogP contribution in [-0.2, 0) is 20.5 Å². The molecule has 0 radical (unpaired) electrons. The Labute approximate surface area is 146 Å². The van der Waals surface area contributed by atoms with Crippen LogP contribution in [0.3, 0.4) is 0 Å². The molecule has 1 heterocycles. The lowest BCUT2D eigenvalue weighted by molar-refractivity contribution is -0.119. The Bertz CT molecular complexity index is 536. The molecule has 0 aliphatic carbocycles. The van der Waals surface area contributed by atoms with Crippen LogP contribution in [0.2, 0.25) is 18.1 Å². The van der Waals surface area contributed by atoms with Crippen molar-refractivity contribution < 1.29 is 19.0 Å². The Morgan fingerprint density at radius 2 is 1.83 bits per heavy atom. The van der Waals surface area contributed by atoms with Gasteiger partial charge in [0.05, 0.1) is 19.5 Å². The molecule has 1 aromatic carbocycles. The molecule has 0 saturated heterocycles. The first-order valence-electron chi connectivity index (χ1n) is 8.50. The van der Waals surface area contributed by atoms with E-state index < -0.39 is 20.5 Å². The highest BCUT2D eigenvalue weighted by Gasteiger charge is 2.40. The van der Waals surface area contributed by atoms with E-state index in [9.17, 15) is 5.11 Å². The fourth-order valence-corrected chi connectivity index (χ4v) is 3.26. The van der Waals surface area contributed by atoms with Crippen molar-refractivity contribution in [3.63, 3.8) is 0 Å². The summed E-state index contributed by atoms with van der Waals surface area (Å²) in [6.07, 6.45) is 1.75. The molecule has 2 rings (SSSR count). The third kappa shape index (κ3) is 4.93. The minimum absolute atomic E-state index is 0.135. The minimum atomic E-state index is -1.87. The quantitative estimate of drug-likeness (QED) is 0.791. The van der Waals surface area contributed by atoms with Crippen LogP contribution in [0.25, 0.3) is 0 Å². The Hall–Kier alpha value is -1.14. The zero-order valence-corrected chi connectivity index (χ0v) is 16.4. The van der Waals surface area contributed by atoms with Crippen LogP contribution >= 0.6 is 0 Å². The molecule has 0 unspecified atom stereocenters. The van der Waals surface area contributed by atoms with Gasteiger partial charge in [0.2, 0.25) is 0 Å². The fourth-order valence-electron chi connectivity index (χ4n) is 2.25. The summed E-state index contributed by atoms with van der Waals surface area (Å²) in [6, 6.07) is 9.94. The molecule has 1 aliphatic rings. The highest BCUT2D eigenvalue weighted by atomic mass is 28.4. The number of hydrogen-bond acceptors (Lipinski definition) is 4. The minimum Gasteiger partial charge on any atom is -0.493 e. The Morgan fingerprint density at radius 3 is 2.46 bits per heavy atom. The monoisotopic (exact) mass is 350 g/mol. The molecule has 0 saturated carbocycles. The zero-order valence-electron chi connectivity index (χ0n) is 15.4. The van der Waals surface area contributed by atoms with Gasteiger partial charge in [0, 0.05) is 0 Å². The van der Waals surface area contributed by atoms with E-state index in [2.05, 4.69) is 33.9 Å². The van der Waals surface area contributed by atoms with E-state index >= 15 is 0 Å². The summed E-state index contributed by atoms with van der Waals surface area (Å²) >= 11 is 0. The maximum absolute atomic E-state index is 10.3. The van der Waals surface area contributed by atoms with Gasteiger partial charge in [0.25, 0.3) is 0 Å². The first-order chi connectivity index (χ1) is 11.2. The van der Waals surface area contributed by atoms with Crippen molar-refractivity contribution in [3.8, 4) is 0 Å². The first kappa shape index (κ1) is 19.2. The molecule has 0 aromatic heterocycles. The summed E-state index contributed by atoms with van der Waals surface area (Å²) in [5.41, 5.74) is 1.07. The second-order valence-corrected chi connectivity index (χ2v) is 12.6. The Balaban J connectivity index is 1.97. The van der Waals surface area contributed by atoms with E-state index in [1.165, 1.54) is 0 Å². The Kier molecular flexibility index (Phi) is 6.26. The molecule has 0 fully saturated rings. The smallest absolute Gasteiger partial charge is 0.192 e. The molecule has 0 spiro atoms. The van der Waals surface area contributed by atoms with Crippen LogP contribution in [0.5, 0.6) is 0 Å². The van der Waals surface area contributed by atoms with Crippen molar-refractivity contribution in [1.29, 1.82) is 0 Å². The number of benzene rings is 1. The highest BCUT2D eigenvalue weighted by Crippen LogP contribution is 2.37. The van der Waals surface area contributed by atoms with Gasteiger partial charge in [-0.3, -0.25) is 0 Å². The van der Waals surface area contributed by atoms with Crippen LogP contribution in [0.1, 0.15) is 26.3 Å². The van der Waals surface area contributed by atoms with E-state index in [1.54, 1.807) is 12.3 Å². The van der Waals surface area contributed by atoms with Gasteiger partial charge in [-0.25, -0.2) is 0 Å². The summed E-state index contributed by atoms with van der Waals surface area (Å²) in [4.78, 5) is 0. The standard InChI is InChI=1S/C19H30O4Si/c1-19(2,3)24(4,5)23-14-17-18(16(20)11-12-21-17)22-13-15-9-7-6-8-10-15/h6-12,16-18,20H,13-14H2,1-5H3/t16-,17-,18+/m1/s1. The average Bonchev–Trinajstić information content (AvgIpc) is 2.52. The predicted octanol–water partition coefficient (Wildman–Crippen LogP) is 3.87. The summed E-state index contributed by atoms with van der Waals surface area (Å²) in [7, 11) is -1.87. The topological polar surface area (TPSA) is 47.9 Å². The average molecular weight is 351 g/mol. The summed E-state index contributed by atoms with van der Waals surface area (Å²) in [5.74, 6) is 0. The first-order valence-corrected chi connectivity index (χ1v) is 11.4. The maximum atomic E-state index is 10.3. The number of aliphatic hydroxyl groups is 1. The maximum Gasteiger partial charge on any atom is 0.192 e. The second kappa shape index (κ2) is 7.83. The van der Waals surface area contributed by atoms with Crippen LogP contribution in [-0.4, -0.2) is 38.3 Å². The lowest BCUT2D eigenvalue weighted by Crippen LogP contribution is -2.49. The normalized spacial score (nSPS) is 24.7. The molecule has 3 atom stereocenters. The molecular weight excluding hydrogens is 320 g/mol. The van der Waals surface area contributed by atoms with Gasteiger partial charge in [-0.1, -0.05) is 51.1 Å². The molecule has 5 heteroatoms. The molecule has 1 aliphatic heterocycles. The van der Waals surface area contributed by atoms with Gasteiger partial charge in [0.15, 0.2) is 8.32 Å². The van der Waals surface area contributed by atoms with E-state index in [1.807, 2.05) is 30.3 Å². The van der Waals surface area contributed by atoms with Gasteiger partial charge in [0.1, 0.15) is 18.3 Å². The van der Waals surface area contributed by atoms with Crippen molar-refractivity contribution in [1.82, 2.24) is 0 Å². The van der Waals surface area contributed by atoms with Crippen molar-refractivity contribution in [3.05, 3.63) is 48.2 Å². The number of ether oxygens (including phenoxy) is 2. The molecule has 1 N–H and O–H groups in total. The highest BCUT2D eigenvalue weighted by molar-refractivity contribution is 6.74. The van der Waals surface area contributed by atoms with Crippen LogP contribution in [0.4, 0.5) is 0 Å². The number of hydrogen-bond donors (Lipinski definition) is 1. The number of rotatable bonds is 6. The van der Waals surface area contributed by atoms with E-state index in [4.69, 9.17) is 13.9 Å². The van der Waals surface area contributed by atoms with Crippen molar-refractivity contribution in [2.45, 2.75) is 63.8 Å². The fraction of sp³-hybridized carbons (Fsp3) is 0.579. The van der Waals surface area contributed by atoms with Gasteiger partial charge >= 0.3 is 0 Å². The molecule has 0 amide bonds. The van der Waals surface area contributed by atoms with Gasteiger partial charge in [-0.2, -0.15) is 0 Å². The third-order valence-electron chi connectivity index (χ3n) is 4.93. The zero-order chi connectivity index (χ0) is 17.8. The third-order valence-corrected chi connectivity index (χ3v) is 9.43. The lowest BCUT2D eigenvalue weighted by Gasteiger charge is -2.39. The SMILES string of the molecule is CC(C)(C)[Si](C)(C)OC[C@H]1OC=C[C@@H](O)[C@@H]1OCc1ccccc1. The molecule has 24 heavy (non-hydrogen) atoms. The van der Waals surface area contributed by atoms with Crippen LogP contribution < -0.4 is 0 Å². The van der Waals surface area contributed by atoms with Gasteiger partial charge in [-0.05, 0) is 29.8 Å². The molecule has 0 bridgehead atoms. The van der Waals surface area contributed by atoms with Gasteiger partial charge in [-0.15, -0.1) is 0 Å². The summed E-state index contributed by atoms with van der Waals surface area (Å²) < 4.78 is 17.9. The van der Waals surface area contributed by atoms with E-state index in [-0.39, 0.29) is 11.1 Å². The second-order valence-electron chi connectivity index (χ2n) is 7.83. The molecule has 1 aromatic rings. The van der Waals surface area contributed by atoms with Crippen LogP contribution in [0.15, 0.2) is 42.7 Å². The summed E-state index contributed by atoms with van der Waals surface area (Å²) in [6.45, 7) is 11.9. The van der Waals surface area contributed by atoms with Crippen molar-refractivity contribution in [2.24, 2.45) is 0 Å². The van der Waals surface area contributed by atoms with Crippen molar-refractivity contribution >= 4 is 8.32 Å².